The number of carbonyl (C=O) groups excluding carboxylic acids is 3. The van der Waals surface area contributed by atoms with Crippen LogP contribution in [0.3, 0.4) is 0 Å². The smallest absolute Gasteiger partial charge is 0.315 e. The molecule has 0 aliphatic carbocycles. The molecule has 3 rings (SSSR count). The Morgan fingerprint density at radius 1 is 1.03 bits per heavy atom. The quantitative estimate of drug-likeness (QED) is 0.422. The van der Waals surface area contributed by atoms with E-state index in [1.54, 1.807) is 6.92 Å². The van der Waals surface area contributed by atoms with Gasteiger partial charge in [0.05, 0.1) is 11.9 Å². The molecule has 37 heavy (non-hydrogen) atoms. The highest BCUT2D eigenvalue weighted by Crippen LogP contribution is 2.39. The van der Waals surface area contributed by atoms with E-state index in [1.165, 1.54) is 16.7 Å². The average Bonchev–Trinajstić information content (AvgIpc) is 3.16. The predicted molar refractivity (Wildman–Crippen MR) is 147 cm³/mol. The average molecular weight is 527 g/mol. The first-order chi connectivity index (χ1) is 17.4. The molecule has 1 fully saturated rings. The van der Waals surface area contributed by atoms with Gasteiger partial charge in [-0.25, -0.2) is 4.79 Å². The van der Waals surface area contributed by atoms with E-state index in [1.807, 2.05) is 77.1 Å². The zero-order valence-corrected chi connectivity index (χ0v) is 23.2. The molecule has 4 N–H and O–H groups in total. The maximum atomic E-state index is 13.3. The van der Waals surface area contributed by atoms with Crippen molar-refractivity contribution in [2.24, 2.45) is 0 Å². The number of aliphatic hydroxyl groups excluding tert-OH is 1. The van der Waals surface area contributed by atoms with Crippen molar-refractivity contribution in [2.45, 2.75) is 77.6 Å². The Morgan fingerprint density at radius 2 is 1.68 bits per heavy atom. The Bertz CT molecular complexity index is 1150. The van der Waals surface area contributed by atoms with E-state index in [-0.39, 0.29) is 11.8 Å². The summed E-state index contributed by atoms with van der Waals surface area (Å²) in [5.41, 5.74) is 5.28. The lowest BCUT2D eigenvalue weighted by molar-refractivity contribution is -0.147. The molecule has 3 atom stereocenters. The van der Waals surface area contributed by atoms with E-state index in [0.29, 0.717) is 13.1 Å². The van der Waals surface area contributed by atoms with Crippen molar-refractivity contribution in [3.8, 4) is 0 Å². The van der Waals surface area contributed by atoms with E-state index in [2.05, 4.69) is 16.0 Å². The van der Waals surface area contributed by atoms with Crippen molar-refractivity contribution in [1.82, 2.24) is 20.9 Å². The topological polar surface area (TPSA) is 111 Å². The summed E-state index contributed by atoms with van der Waals surface area (Å²) >= 11 is 1.48. The van der Waals surface area contributed by atoms with Crippen LogP contribution in [0.5, 0.6) is 0 Å². The number of thioether (sulfide) groups is 1. The van der Waals surface area contributed by atoms with Crippen molar-refractivity contribution < 1.29 is 19.5 Å². The van der Waals surface area contributed by atoms with E-state index < -0.39 is 34.9 Å². The molecule has 1 aliphatic rings. The molecule has 8 nitrogen and oxygen atoms in total. The van der Waals surface area contributed by atoms with E-state index in [9.17, 15) is 19.5 Å². The van der Waals surface area contributed by atoms with Gasteiger partial charge in [-0.2, -0.15) is 0 Å². The number of rotatable bonds is 8. The lowest BCUT2D eigenvalue weighted by Gasteiger charge is -2.32. The van der Waals surface area contributed by atoms with Crippen LogP contribution in [-0.2, 0) is 22.7 Å². The van der Waals surface area contributed by atoms with Crippen molar-refractivity contribution in [1.29, 1.82) is 0 Å². The largest absolute Gasteiger partial charge is 0.381 e. The maximum absolute atomic E-state index is 13.3. The Kier molecular flexibility index (Phi) is 9.26. The lowest BCUT2D eigenvalue weighted by atomic mass is 9.99. The number of hydrogen-bond donors (Lipinski definition) is 4. The molecule has 0 aromatic heterocycles. The third kappa shape index (κ3) is 7.05. The first kappa shape index (κ1) is 28.5. The van der Waals surface area contributed by atoms with Crippen molar-refractivity contribution in [3.05, 3.63) is 70.3 Å². The van der Waals surface area contributed by atoms with Crippen LogP contribution in [0.1, 0.15) is 48.6 Å². The summed E-state index contributed by atoms with van der Waals surface area (Å²) in [4.78, 5) is 40.3. The fourth-order valence-corrected chi connectivity index (χ4v) is 5.58. The van der Waals surface area contributed by atoms with Crippen LogP contribution in [0.15, 0.2) is 42.5 Å². The summed E-state index contributed by atoms with van der Waals surface area (Å²) in [5, 5.41) is 19.2. The zero-order valence-electron chi connectivity index (χ0n) is 22.4. The van der Waals surface area contributed by atoms with Gasteiger partial charge in [0, 0.05) is 17.8 Å². The summed E-state index contributed by atoms with van der Waals surface area (Å²) < 4.78 is -0.537. The predicted octanol–water partition coefficient (Wildman–Crippen LogP) is 3.16. The molecule has 1 saturated heterocycles. The van der Waals surface area contributed by atoms with Crippen LogP contribution in [0.25, 0.3) is 0 Å². The Morgan fingerprint density at radius 3 is 2.35 bits per heavy atom. The molecule has 0 bridgehead atoms. The van der Waals surface area contributed by atoms with Gasteiger partial charge >= 0.3 is 6.03 Å². The van der Waals surface area contributed by atoms with Crippen LogP contribution >= 0.6 is 11.8 Å². The third-order valence-electron chi connectivity index (χ3n) is 6.81. The number of amides is 4. The van der Waals surface area contributed by atoms with E-state index in [0.717, 1.165) is 27.8 Å². The fourth-order valence-electron chi connectivity index (χ4n) is 4.44. The minimum absolute atomic E-state index is 0.273. The molecule has 0 saturated carbocycles. The first-order valence-corrected chi connectivity index (χ1v) is 13.4. The molecule has 200 valence electrons. The second-order valence-corrected chi connectivity index (χ2v) is 11.8. The molecule has 0 spiro atoms. The van der Waals surface area contributed by atoms with Gasteiger partial charge in [0.25, 0.3) is 5.91 Å². The molecule has 1 aliphatic heterocycles. The number of hydrogen-bond acceptors (Lipinski definition) is 5. The minimum atomic E-state index is -1.49. The van der Waals surface area contributed by atoms with Crippen LogP contribution in [-0.4, -0.2) is 56.7 Å². The van der Waals surface area contributed by atoms with Crippen LogP contribution in [0, 0.1) is 20.8 Å². The number of carbonyl (C=O) groups is 3. The number of nitrogens with one attached hydrogen (secondary N) is 3. The molecular weight excluding hydrogens is 488 g/mol. The summed E-state index contributed by atoms with van der Waals surface area (Å²) in [6, 6.07) is 11.7. The van der Waals surface area contributed by atoms with Crippen molar-refractivity contribution >= 4 is 29.6 Å². The van der Waals surface area contributed by atoms with Gasteiger partial charge in [-0.1, -0.05) is 48.0 Å². The maximum Gasteiger partial charge on any atom is 0.315 e. The van der Waals surface area contributed by atoms with Crippen LogP contribution < -0.4 is 16.0 Å². The zero-order chi connectivity index (χ0) is 27.3. The number of aryl methyl sites for hydroxylation is 3. The van der Waals surface area contributed by atoms with Gasteiger partial charge in [0.15, 0.2) is 6.10 Å². The van der Waals surface area contributed by atoms with Crippen molar-refractivity contribution in [2.75, 3.05) is 5.88 Å². The molecular formula is C28H38N4O4S. The second-order valence-electron chi connectivity index (χ2n) is 10.2. The van der Waals surface area contributed by atoms with E-state index >= 15 is 0 Å². The van der Waals surface area contributed by atoms with Gasteiger partial charge in [0.1, 0.15) is 6.04 Å². The van der Waals surface area contributed by atoms with Crippen molar-refractivity contribution in [3.63, 3.8) is 0 Å². The molecule has 1 heterocycles. The lowest BCUT2D eigenvalue weighted by Crippen LogP contribution is -2.58. The Hall–Kier alpha value is -3.04. The number of aliphatic hydroxyl groups is 1. The Balaban J connectivity index is 1.59. The molecule has 2 aromatic carbocycles. The van der Waals surface area contributed by atoms with Gasteiger partial charge in [-0.15, -0.1) is 11.8 Å². The molecule has 4 amide bonds. The first-order valence-electron chi connectivity index (χ1n) is 12.5. The van der Waals surface area contributed by atoms with Gasteiger partial charge in [-0.05, 0) is 63.8 Å². The molecule has 0 radical (unpaired) electrons. The summed E-state index contributed by atoms with van der Waals surface area (Å²) in [6.07, 6.45) is -1.49. The number of nitrogens with zero attached hydrogens (tertiary/aromatic N) is 1. The van der Waals surface area contributed by atoms with Crippen LogP contribution in [0.2, 0.25) is 0 Å². The highest BCUT2D eigenvalue weighted by atomic mass is 32.2. The van der Waals surface area contributed by atoms with Gasteiger partial charge in [-0.3, -0.25) is 9.59 Å². The van der Waals surface area contributed by atoms with Gasteiger partial charge in [0.2, 0.25) is 5.91 Å². The monoisotopic (exact) mass is 526 g/mol. The molecule has 2 unspecified atom stereocenters. The number of benzene rings is 2. The summed E-state index contributed by atoms with van der Waals surface area (Å²) in [5.74, 6) is -0.585. The highest BCUT2D eigenvalue weighted by molar-refractivity contribution is 8.00. The highest BCUT2D eigenvalue weighted by Gasteiger charge is 2.49. The second kappa shape index (κ2) is 12.0. The normalized spacial score (nSPS) is 18.1. The van der Waals surface area contributed by atoms with Gasteiger partial charge < -0.3 is 26.0 Å². The number of urea groups is 1. The standard InChI is InChI=1S/C28H38N4O4S/c1-17-11-12-22(19(3)13-17)15-30-27(36)31-20(4)23(33)26(35)32-16-37-28(5,6)24(32)25(34)29-14-21-10-8-7-9-18(21)2/h7-13,20,23-24,33H,14-16H2,1-6H3,(H,29,34)(H2,30,31,36)/t20?,23?,24-/m1/s1. The summed E-state index contributed by atoms with van der Waals surface area (Å²) in [7, 11) is 0. The summed E-state index contributed by atoms with van der Waals surface area (Å²) in [6.45, 7) is 12.1. The van der Waals surface area contributed by atoms with E-state index in [4.69, 9.17) is 0 Å². The third-order valence-corrected chi connectivity index (χ3v) is 8.19. The molecule has 9 heteroatoms. The van der Waals surface area contributed by atoms with Crippen LogP contribution in [0.4, 0.5) is 4.79 Å². The minimum Gasteiger partial charge on any atom is -0.381 e. The fraction of sp³-hybridized carbons (Fsp3) is 0.464. The SMILES string of the molecule is Cc1ccc(CNC(=O)NC(C)C(O)C(=O)N2CSC(C)(C)[C@H]2C(=O)NCc2ccccc2C)c(C)c1. The molecule has 2 aromatic rings. The Labute approximate surface area is 223 Å².